The van der Waals surface area contributed by atoms with Gasteiger partial charge in [-0.05, 0) is 44.0 Å². The summed E-state index contributed by atoms with van der Waals surface area (Å²) < 4.78 is 19.2. The number of urea groups is 1. The van der Waals surface area contributed by atoms with Crippen molar-refractivity contribution in [3.05, 3.63) is 30.1 Å². The van der Waals surface area contributed by atoms with Gasteiger partial charge >= 0.3 is 12.0 Å². The molecular formula is C18H21FN4O3. The first-order valence-electron chi connectivity index (χ1n) is 8.62. The lowest BCUT2D eigenvalue weighted by Gasteiger charge is -2.17. The number of carbonyl (C=O) groups is 2. The average molecular weight is 360 g/mol. The summed E-state index contributed by atoms with van der Waals surface area (Å²) in [6, 6.07) is 5.90. The predicted molar refractivity (Wildman–Crippen MR) is 96.8 cm³/mol. The molecule has 0 unspecified atom stereocenters. The van der Waals surface area contributed by atoms with Gasteiger partial charge in [0.1, 0.15) is 17.9 Å². The fraction of sp³-hybridized carbons (Fsp3) is 0.389. The molecule has 1 fully saturated rings. The summed E-state index contributed by atoms with van der Waals surface area (Å²) in [7, 11) is 0. The molecule has 0 saturated carbocycles. The van der Waals surface area contributed by atoms with Crippen LogP contribution >= 0.6 is 0 Å². The number of pyridine rings is 1. The molecule has 2 heterocycles. The third kappa shape index (κ3) is 4.19. The second-order valence-electron chi connectivity index (χ2n) is 6.01. The molecule has 0 atom stereocenters. The molecule has 8 heteroatoms. The number of carbonyl (C=O) groups excluding carboxylic acids is 2. The highest BCUT2D eigenvalue weighted by Crippen LogP contribution is 2.26. The molecule has 0 radical (unpaired) electrons. The Hall–Kier alpha value is -2.90. The van der Waals surface area contributed by atoms with E-state index in [0.29, 0.717) is 5.39 Å². The number of nitrogens with zero attached hydrogens (tertiary/aromatic N) is 2. The van der Waals surface area contributed by atoms with Gasteiger partial charge in [-0.3, -0.25) is 4.79 Å². The summed E-state index contributed by atoms with van der Waals surface area (Å²) in [5, 5.41) is 5.46. The molecule has 2 aromatic rings. The summed E-state index contributed by atoms with van der Waals surface area (Å²) in [6.45, 7) is 3.53. The lowest BCUT2D eigenvalue weighted by Crippen LogP contribution is -2.34. The van der Waals surface area contributed by atoms with Crippen molar-refractivity contribution >= 4 is 34.4 Å². The molecule has 2 N–H and O–H groups in total. The van der Waals surface area contributed by atoms with E-state index in [1.54, 1.807) is 19.1 Å². The predicted octanol–water partition coefficient (Wildman–Crippen LogP) is 2.66. The minimum atomic E-state index is -0.613. The van der Waals surface area contributed by atoms with E-state index in [-0.39, 0.29) is 24.4 Å². The minimum absolute atomic E-state index is 0.241. The third-order valence-electron chi connectivity index (χ3n) is 4.12. The molecule has 26 heavy (non-hydrogen) atoms. The van der Waals surface area contributed by atoms with Crippen molar-refractivity contribution in [2.75, 3.05) is 36.5 Å². The Morgan fingerprint density at radius 1 is 1.27 bits per heavy atom. The van der Waals surface area contributed by atoms with Gasteiger partial charge in [0.2, 0.25) is 0 Å². The van der Waals surface area contributed by atoms with Gasteiger partial charge in [-0.15, -0.1) is 0 Å². The molecule has 0 bridgehead atoms. The Labute approximate surface area is 150 Å². The zero-order valence-corrected chi connectivity index (χ0v) is 14.5. The molecule has 0 spiro atoms. The summed E-state index contributed by atoms with van der Waals surface area (Å²) in [6.07, 6.45) is 2.23. The summed E-state index contributed by atoms with van der Waals surface area (Å²) in [5.41, 5.74) is 0.555. The van der Waals surface area contributed by atoms with Crippen LogP contribution in [-0.2, 0) is 9.53 Å². The average Bonchev–Trinajstić information content (AvgIpc) is 3.15. The quantitative estimate of drug-likeness (QED) is 0.801. The first-order valence-corrected chi connectivity index (χ1v) is 8.62. The first kappa shape index (κ1) is 17.9. The molecule has 138 valence electrons. The van der Waals surface area contributed by atoms with Crippen LogP contribution in [0.2, 0.25) is 0 Å². The van der Waals surface area contributed by atoms with Gasteiger partial charge in [-0.25, -0.2) is 14.2 Å². The summed E-state index contributed by atoms with van der Waals surface area (Å²) >= 11 is 0. The lowest BCUT2D eigenvalue weighted by molar-refractivity contribution is -0.141. The van der Waals surface area contributed by atoms with Crippen LogP contribution in [0.15, 0.2) is 24.3 Å². The second kappa shape index (κ2) is 7.99. The Balaban J connectivity index is 1.71. The van der Waals surface area contributed by atoms with Crippen LogP contribution in [0.4, 0.5) is 20.7 Å². The van der Waals surface area contributed by atoms with Gasteiger partial charge in [0, 0.05) is 24.2 Å². The Kier molecular flexibility index (Phi) is 5.50. The SMILES string of the molecule is CCOC(=O)CNC(=O)Nc1cc(F)c2nc(N3CCCC3)ccc2c1. The number of nitrogens with one attached hydrogen (secondary N) is 2. The van der Waals surface area contributed by atoms with E-state index in [9.17, 15) is 14.0 Å². The Morgan fingerprint density at radius 3 is 2.77 bits per heavy atom. The normalized spacial score (nSPS) is 13.7. The zero-order chi connectivity index (χ0) is 18.5. The maximum atomic E-state index is 14.5. The van der Waals surface area contributed by atoms with Crippen molar-refractivity contribution in [3.8, 4) is 0 Å². The fourth-order valence-corrected chi connectivity index (χ4v) is 2.92. The van der Waals surface area contributed by atoms with Crippen molar-refractivity contribution in [2.45, 2.75) is 19.8 Å². The maximum Gasteiger partial charge on any atom is 0.325 e. The van der Waals surface area contributed by atoms with Gasteiger partial charge < -0.3 is 20.3 Å². The van der Waals surface area contributed by atoms with Crippen LogP contribution in [0.5, 0.6) is 0 Å². The van der Waals surface area contributed by atoms with Gasteiger partial charge in [-0.1, -0.05) is 0 Å². The molecular weight excluding hydrogens is 339 g/mol. The van der Waals surface area contributed by atoms with E-state index in [1.165, 1.54) is 6.07 Å². The van der Waals surface area contributed by atoms with Gasteiger partial charge in [-0.2, -0.15) is 0 Å². The van der Waals surface area contributed by atoms with Crippen LogP contribution < -0.4 is 15.5 Å². The van der Waals surface area contributed by atoms with Gasteiger partial charge in [0.15, 0.2) is 5.82 Å². The number of aromatic nitrogens is 1. The Bertz CT molecular complexity index is 821. The molecule has 2 amide bonds. The molecule has 1 aliphatic heterocycles. The van der Waals surface area contributed by atoms with Crippen LogP contribution in [0.1, 0.15) is 19.8 Å². The largest absolute Gasteiger partial charge is 0.465 e. The van der Waals surface area contributed by atoms with Crippen molar-refractivity contribution < 1.29 is 18.7 Å². The minimum Gasteiger partial charge on any atom is -0.465 e. The number of esters is 1. The number of amides is 2. The van der Waals surface area contributed by atoms with Crippen molar-refractivity contribution in [1.29, 1.82) is 0 Å². The highest BCUT2D eigenvalue weighted by atomic mass is 19.1. The van der Waals surface area contributed by atoms with Crippen LogP contribution in [0.25, 0.3) is 10.9 Å². The van der Waals surface area contributed by atoms with E-state index < -0.39 is 17.8 Å². The van der Waals surface area contributed by atoms with E-state index in [0.717, 1.165) is 31.7 Å². The second-order valence-corrected chi connectivity index (χ2v) is 6.01. The molecule has 7 nitrogen and oxygen atoms in total. The fourth-order valence-electron chi connectivity index (χ4n) is 2.92. The van der Waals surface area contributed by atoms with Crippen LogP contribution in [-0.4, -0.2) is 43.2 Å². The van der Waals surface area contributed by atoms with Crippen LogP contribution in [0, 0.1) is 5.82 Å². The van der Waals surface area contributed by atoms with E-state index in [2.05, 4.69) is 20.5 Å². The molecule has 1 aromatic heterocycles. The van der Waals surface area contributed by atoms with E-state index in [4.69, 9.17) is 4.74 Å². The number of hydrogen-bond acceptors (Lipinski definition) is 5. The van der Waals surface area contributed by atoms with E-state index in [1.807, 2.05) is 6.07 Å². The van der Waals surface area contributed by atoms with Crippen molar-refractivity contribution in [3.63, 3.8) is 0 Å². The molecule has 1 aliphatic rings. The van der Waals surface area contributed by atoms with Crippen molar-refractivity contribution in [2.24, 2.45) is 0 Å². The molecule has 3 rings (SSSR count). The number of ether oxygens (including phenoxy) is 1. The zero-order valence-electron chi connectivity index (χ0n) is 14.5. The van der Waals surface area contributed by atoms with Crippen LogP contribution in [0.3, 0.4) is 0 Å². The summed E-state index contributed by atoms with van der Waals surface area (Å²) in [4.78, 5) is 29.6. The van der Waals surface area contributed by atoms with E-state index >= 15 is 0 Å². The number of fused-ring (bicyclic) bond motifs is 1. The number of hydrogen-bond donors (Lipinski definition) is 2. The third-order valence-corrected chi connectivity index (χ3v) is 4.12. The highest BCUT2D eigenvalue weighted by Gasteiger charge is 2.15. The van der Waals surface area contributed by atoms with Gasteiger partial charge in [0.25, 0.3) is 0 Å². The number of benzene rings is 1. The first-order chi connectivity index (χ1) is 12.6. The van der Waals surface area contributed by atoms with Gasteiger partial charge in [0.05, 0.1) is 6.61 Å². The lowest BCUT2D eigenvalue weighted by atomic mass is 10.2. The number of halogens is 1. The topological polar surface area (TPSA) is 83.6 Å². The molecule has 0 aliphatic carbocycles. The summed E-state index contributed by atoms with van der Waals surface area (Å²) in [5.74, 6) is -0.281. The number of anilines is 2. The maximum absolute atomic E-state index is 14.5. The molecule has 1 aromatic carbocycles. The Morgan fingerprint density at radius 2 is 2.04 bits per heavy atom. The standard InChI is InChI=1S/C18H21FN4O3/c1-2-26-16(24)11-20-18(25)21-13-9-12-5-6-15(23-7-3-4-8-23)22-17(12)14(19)10-13/h5-6,9-10H,2-4,7-8,11H2,1H3,(H2,20,21,25). The monoisotopic (exact) mass is 360 g/mol. The molecule has 1 saturated heterocycles. The number of rotatable bonds is 5. The van der Waals surface area contributed by atoms with Crippen molar-refractivity contribution in [1.82, 2.24) is 10.3 Å². The smallest absolute Gasteiger partial charge is 0.325 e. The highest BCUT2D eigenvalue weighted by molar-refractivity contribution is 5.94.